The third-order valence-corrected chi connectivity index (χ3v) is 3.47. The molecule has 1 aliphatic heterocycles. The van der Waals surface area contributed by atoms with Crippen LogP contribution in [0.3, 0.4) is 0 Å². The SMILES string of the molecule is COCCn1cc(C)nc1NCCCN1CCOCC1. The van der Waals surface area contributed by atoms with Crippen molar-refractivity contribution in [2.45, 2.75) is 19.9 Å². The highest BCUT2D eigenvalue weighted by atomic mass is 16.5. The molecule has 0 atom stereocenters. The number of morpholine rings is 1. The van der Waals surface area contributed by atoms with E-state index >= 15 is 0 Å². The monoisotopic (exact) mass is 282 g/mol. The third-order valence-electron chi connectivity index (χ3n) is 3.47. The lowest BCUT2D eigenvalue weighted by molar-refractivity contribution is 0.0378. The Morgan fingerprint density at radius 2 is 2.15 bits per heavy atom. The van der Waals surface area contributed by atoms with Crippen LogP contribution in [-0.2, 0) is 16.0 Å². The molecule has 0 amide bonds. The number of rotatable bonds is 8. The van der Waals surface area contributed by atoms with E-state index in [-0.39, 0.29) is 0 Å². The van der Waals surface area contributed by atoms with Crippen LogP contribution in [0.4, 0.5) is 5.95 Å². The van der Waals surface area contributed by atoms with Gasteiger partial charge in [0.2, 0.25) is 5.95 Å². The Kier molecular flexibility index (Phi) is 6.29. The van der Waals surface area contributed by atoms with Gasteiger partial charge >= 0.3 is 0 Å². The summed E-state index contributed by atoms with van der Waals surface area (Å²) in [5.41, 5.74) is 1.04. The Hall–Kier alpha value is -1.11. The van der Waals surface area contributed by atoms with Gasteiger partial charge in [0.15, 0.2) is 0 Å². The first-order valence-corrected chi connectivity index (χ1v) is 7.36. The van der Waals surface area contributed by atoms with E-state index in [1.807, 2.05) is 6.92 Å². The van der Waals surface area contributed by atoms with E-state index in [1.165, 1.54) is 0 Å². The second-order valence-corrected chi connectivity index (χ2v) is 5.13. The summed E-state index contributed by atoms with van der Waals surface area (Å²) >= 11 is 0. The fourth-order valence-electron chi connectivity index (χ4n) is 2.38. The summed E-state index contributed by atoms with van der Waals surface area (Å²) in [6, 6.07) is 0. The van der Waals surface area contributed by atoms with E-state index in [4.69, 9.17) is 9.47 Å². The Labute approximate surface area is 121 Å². The lowest BCUT2D eigenvalue weighted by atomic mass is 10.3. The van der Waals surface area contributed by atoms with Crippen molar-refractivity contribution >= 4 is 5.95 Å². The molecule has 114 valence electrons. The molecule has 1 fully saturated rings. The van der Waals surface area contributed by atoms with E-state index < -0.39 is 0 Å². The zero-order valence-corrected chi connectivity index (χ0v) is 12.6. The molecule has 0 saturated carbocycles. The molecule has 0 spiro atoms. The Balaban J connectivity index is 1.70. The lowest BCUT2D eigenvalue weighted by Gasteiger charge is -2.26. The van der Waals surface area contributed by atoms with Crippen LogP contribution in [0.2, 0.25) is 0 Å². The third kappa shape index (κ3) is 4.77. The molecule has 1 aromatic rings. The number of nitrogens with one attached hydrogen (secondary N) is 1. The van der Waals surface area contributed by atoms with Crippen LogP contribution < -0.4 is 5.32 Å². The van der Waals surface area contributed by atoms with Crippen molar-refractivity contribution in [3.05, 3.63) is 11.9 Å². The van der Waals surface area contributed by atoms with E-state index in [0.29, 0.717) is 6.61 Å². The van der Waals surface area contributed by atoms with E-state index in [9.17, 15) is 0 Å². The van der Waals surface area contributed by atoms with Crippen LogP contribution in [-0.4, -0.2) is 67.6 Å². The second-order valence-electron chi connectivity index (χ2n) is 5.13. The van der Waals surface area contributed by atoms with E-state index in [0.717, 1.165) is 64.0 Å². The van der Waals surface area contributed by atoms with Crippen molar-refractivity contribution < 1.29 is 9.47 Å². The predicted octanol–water partition coefficient (Wildman–Crippen LogP) is 0.972. The molecule has 1 N–H and O–H groups in total. The fourth-order valence-corrected chi connectivity index (χ4v) is 2.38. The first kappa shape index (κ1) is 15.3. The van der Waals surface area contributed by atoms with Crippen molar-refractivity contribution in [2.75, 3.05) is 58.4 Å². The minimum atomic E-state index is 0.707. The zero-order valence-electron chi connectivity index (χ0n) is 12.6. The number of nitrogens with zero attached hydrogens (tertiary/aromatic N) is 3. The van der Waals surface area contributed by atoms with Gasteiger partial charge in [0.1, 0.15) is 0 Å². The number of hydrogen-bond donors (Lipinski definition) is 1. The molecule has 0 bridgehead atoms. The molecular weight excluding hydrogens is 256 g/mol. The highest BCUT2D eigenvalue weighted by Gasteiger charge is 2.09. The second kappa shape index (κ2) is 8.24. The number of aromatic nitrogens is 2. The van der Waals surface area contributed by atoms with Gasteiger partial charge in [0.05, 0.1) is 25.5 Å². The van der Waals surface area contributed by atoms with Gasteiger partial charge in [-0.05, 0) is 19.9 Å². The predicted molar refractivity (Wildman–Crippen MR) is 79.2 cm³/mol. The largest absolute Gasteiger partial charge is 0.383 e. The normalized spacial score (nSPS) is 16.5. The molecular formula is C14H26N4O2. The maximum atomic E-state index is 5.35. The molecule has 1 aliphatic rings. The fraction of sp³-hybridized carbons (Fsp3) is 0.786. The van der Waals surface area contributed by atoms with Crippen LogP contribution in [0.1, 0.15) is 12.1 Å². The van der Waals surface area contributed by atoms with Crippen molar-refractivity contribution in [3.8, 4) is 0 Å². The van der Waals surface area contributed by atoms with Crippen molar-refractivity contribution in [2.24, 2.45) is 0 Å². The molecule has 1 aromatic heterocycles. The highest BCUT2D eigenvalue weighted by Crippen LogP contribution is 2.08. The minimum absolute atomic E-state index is 0.707. The van der Waals surface area contributed by atoms with Crippen molar-refractivity contribution in [1.29, 1.82) is 0 Å². The smallest absolute Gasteiger partial charge is 0.203 e. The summed E-state index contributed by atoms with van der Waals surface area (Å²) in [6.45, 7) is 9.48. The van der Waals surface area contributed by atoms with Gasteiger partial charge in [-0.2, -0.15) is 0 Å². The number of methoxy groups -OCH3 is 1. The van der Waals surface area contributed by atoms with Gasteiger partial charge in [-0.1, -0.05) is 0 Å². The van der Waals surface area contributed by atoms with Crippen LogP contribution in [0, 0.1) is 6.92 Å². The topological polar surface area (TPSA) is 51.5 Å². The maximum Gasteiger partial charge on any atom is 0.203 e. The standard InChI is InChI=1S/C14H26N4O2/c1-13-12-18(8-9-19-2)14(16-13)15-4-3-5-17-6-10-20-11-7-17/h12H,3-11H2,1-2H3,(H,15,16). The van der Waals surface area contributed by atoms with Gasteiger partial charge in [-0.3, -0.25) is 4.90 Å². The Morgan fingerprint density at radius 3 is 2.90 bits per heavy atom. The Morgan fingerprint density at radius 1 is 1.35 bits per heavy atom. The molecule has 2 rings (SSSR count). The van der Waals surface area contributed by atoms with Gasteiger partial charge in [-0.15, -0.1) is 0 Å². The van der Waals surface area contributed by atoms with Crippen LogP contribution in [0.15, 0.2) is 6.20 Å². The molecule has 6 nitrogen and oxygen atoms in total. The molecule has 20 heavy (non-hydrogen) atoms. The molecule has 1 saturated heterocycles. The molecule has 6 heteroatoms. The average Bonchev–Trinajstić information content (AvgIpc) is 2.82. The molecule has 2 heterocycles. The summed E-state index contributed by atoms with van der Waals surface area (Å²) < 4.78 is 12.6. The minimum Gasteiger partial charge on any atom is -0.383 e. The molecule has 0 aliphatic carbocycles. The maximum absolute atomic E-state index is 5.35. The number of aryl methyl sites for hydroxylation is 1. The van der Waals surface area contributed by atoms with Gasteiger partial charge < -0.3 is 19.4 Å². The number of anilines is 1. The lowest BCUT2D eigenvalue weighted by Crippen LogP contribution is -2.37. The van der Waals surface area contributed by atoms with Crippen LogP contribution in [0.5, 0.6) is 0 Å². The average molecular weight is 282 g/mol. The summed E-state index contributed by atoms with van der Waals surface area (Å²) in [5.74, 6) is 0.946. The first-order valence-electron chi connectivity index (χ1n) is 7.36. The highest BCUT2D eigenvalue weighted by molar-refractivity contribution is 5.28. The number of hydrogen-bond acceptors (Lipinski definition) is 5. The Bertz CT molecular complexity index is 389. The number of imidazole rings is 1. The van der Waals surface area contributed by atoms with E-state index in [1.54, 1.807) is 7.11 Å². The molecule has 0 unspecified atom stereocenters. The summed E-state index contributed by atoms with van der Waals surface area (Å²) in [7, 11) is 1.72. The zero-order chi connectivity index (χ0) is 14.2. The van der Waals surface area contributed by atoms with Crippen molar-refractivity contribution in [1.82, 2.24) is 14.5 Å². The van der Waals surface area contributed by atoms with Crippen molar-refractivity contribution in [3.63, 3.8) is 0 Å². The van der Waals surface area contributed by atoms with E-state index in [2.05, 4.69) is 26.0 Å². The van der Waals surface area contributed by atoms with Gasteiger partial charge in [0, 0.05) is 39.5 Å². The summed E-state index contributed by atoms with van der Waals surface area (Å²) in [6.07, 6.45) is 3.18. The van der Waals surface area contributed by atoms with Gasteiger partial charge in [0.25, 0.3) is 0 Å². The quantitative estimate of drug-likeness (QED) is 0.720. The van der Waals surface area contributed by atoms with Gasteiger partial charge in [-0.25, -0.2) is 4.98 Å². The molecule has 0 radical (unpaired) electrons. The molecule has 0 aromatic carbocycles. The summed E-state index contributed by atoms with van der Waals surface area (Å²) in [5, 5.41) is 3.42. The summed E-state index contributed by atoms with van der Waals surface area (Å²) in [4.78, 5) is 6.96. The number of ether oxygens (including phenoxy) is 2. The van der Waals surface area contributed by atoms with Crippen LogP contribution in [0.25, 0.3) is 0 Å². The first-order chi connectivity index (χ1) is 9.79. The van der Waals surface area contributed by atoms with Crippen LogP contribution >= 0.6 is 0 Å².